The molecule has 14 heavy (non-hydrogen) atoms. The average Bonchev–Trinajstić information content (AvgIpc) is 2.46. The molecule has 2 rings (SSSR count). The Balaban J connectivity index is 2.92. The van der Waals surface area contributed by atoms with E-state index in [9.17, 15) is 8.42 Å². The molecule has 1 heterocycles. The van der Waals surface area contributed by atoms with Gasteiger partial charge in [-0.25, -0.2) is 13.4 Å². The van der Waals surface area contributed by atoms with Crippen LogP contribution in [0, 0.1) is 0 Å². The van der Waals surface area contributed by atoms with Gasteiger partial charge in [0.15, 0.2) is 0 Å². The topological polar surface area (TPSA) is 52.0 Å². The fraction of sp³-hybridized carbons (Fsp3) is 0.125. The van der Waals surface area contributed by atoms with Crippen LogP contribution < -0.4 is 0 Å². The van der Waals surface area contributed by atoms with E-state index in [4.69, 9.17) is 10.7 Å². The zero-order valence-electron chi connectivity index (χ0n) is 7.31. The summed E-state index contributed by atoms with van der Waals surface area (Å²) in [5.41, 5.74) is 1.15. The molecule has 0 spiro atoms. The van der Waals surface area contributed by atoms with Gasteiger partial charge in [-0.15, -0.1) is 0 Å². The Hall–Kier alpha value is -1.07. The molecule has 0 amide bonds. The van der Waals surface area contributed by atoms with Crippen LogP contribution in [0.5, 0.6) is 0 Å². The van der Waals surface area contributed by atoms with E-state index < -0.39 is 9.05 Å². The van der Waals surface area contributed by atoms with Crippen LogP contribution in [0.4, 0.5) is 0 Å². The number of halogens is 1. The Morgan fingerprint density at radius 1 is 1.43 bits per heavy atom. The Bertz CT molecular complexity index is 588. The summed E-state index contributed by atoms with van der Waals surface area (Å²) in [6.07, 6.45) is 1.55. The second-order valence-corrected chi connectivity index (χ2v) is 5.45. The van der Waals surface area contributed by atoms with Gasteiger partial charge in [-0.3, -0.25) is 0 Å². The first-order chi connectivity index (χ1) is 6.50. The zero-order chi connectivity index (χ0) is 10.3. The van der Waals surface area contributed by atoms with Gasteiger partial charge in [-0.05, 0) is 12.1 Å². The lowest BCUT2D eigenvalue weighted by atomic mass is 10.3. The van der Waals surface area contributed by atoms with E-state index in [0.717, 1.165) is 5.52 Å². The first-order valence-electron chi connectivity index (χ1n) is 3.85. The molecule has 1 aromatic carbocycles. The van der Waals surface area contributed by atoms with E-state index in [-0.39, 0.29) is 4.90 Å². The van der Waals surface area contributed by atoms with Crippen molar-refractivity contribution in [1.82, 2.24) is 9.55 Å². The number of aromatic nitrogens is 2. The first-order valence-corrected chi connectivity index (χ1v) is 6.16. The maximum absolute atomic E-state index is 11.2. The molecule has 0 saturated heterocycles. The van der Waals surface area contributed by atoms with Crippen LogP contribution >= 0.6 is 10.7 Å². The number of benzene rings is 1. The summed E-state index contributed by atoms with van der Waals surface area (Å²) in [6, 6.07) is 4.87. The maximum Gasteiger partial charge on any atom is 0.263 e. The van der Waals surface area contributed by atoms with Gasteiger partial charge >= 0.3 is 0 Å². The number of nitrogens with zero attached hydrogens (tertiary/aromatic N) is 2. The quantitative estimate of drug-likeness (QED) is 0.698. The van der Waals surface area contributed by atoms with Crippen molar-refractivity contribution in [3.63, 3.8) is 0 Å². The van der Waals surface area contributed by atoms with Crippen molar-refractivity contribution in [3.05, 3.63) is 24.5 Å². The molecule has 0 bridgehead atoms. The smallest absolute Gasteiger partial charge is 0.263 e. The third-order valence-electron chi connectivity index (χ3n) is 1.98. The number of para-hydroxylation sites is 1. The van der Waals surface area contributed by atoms with Crippen LogP contribution in [0.3, 0.4) is 0 Å². The third kappa shape index (κ3) is 1.38. The minimum Gasteiger partial charge on any atom is -0.334 e. The first kappa shape index (κ1) is 9.48. The molecule has 0 radical (unpaired) electrons. The van der Waals surface area contributed by atoms with Crippen LogP contribution in [0.15, 0.2) is 29.4 Å². The second kappa shape index (κ2) is 2.96. The van der Waals surface area contributed by atoms with Gasteiger partial charge in [0.25, 0.3) is 9.05 Å². The van der Waals surface area contributed by atoms with Crippen LogP contribution in [0.1, 0.15) is 0 Å². The molecule has 2 aromatic rings. The maximum atomic E-state index is 11.2. The Morgan fingerprint density at radius 3 is 2.79 bits per heavy atom. The van der Waals surface area contributed by atoms with Gasteiger partial charge in [0.1, 0.15) is 10.4 Å². The van der Waals surface area contributed by atoms with Crippen molar-refractivity contribution in [2.45, 2.75) is 4.90 Å². The van der Waals surface area contributed by atoms with Crippen molar-refractivity contribution >= 4 is 30.8 Å². The SMILES string of the molecule is Cn1cnc2c(S(=O)(=O)Cl)cccc21. The van der Waals surface area contributed by atoms with Crippen LogP contribution in [-0.4, -0.2) is 18.0 Å². The lowest BCUT2D eigenvalue weighted by molar-refractivity contribution is 0.610. The molecule has 0 unspecified atom stereocenters. The molecule has 74 valence electrons. The van der Waals surface area contributed by atoms with E-state index >= 15 is 0 Å². The summed E-state index contributed by atoms with van der Waals surface area (Å²) in [5, 5.41) is 0. The van der Waals surface area contributed by atoms with Crippen molar-refractivity contribution in [2.75, 3.05) is 0 Å². The van der Waals surface area contributed by atoms with Crippen molar-refractivity contribution in [2.24, 2.45) is 7.05 Å². The largest absolute Gasteiger partial charge is 0.334 e. The lowest BCUT2D eigenvalue weighted by Crippen LogP contribution is -1.92. The predicted octanol–water partition coefficient (Wildman–Crippen LogP) is 1.50. The Morgan fingerprint density at radius 2 is 2.14 bits per heavy atom. The zero-order valence-corrected chi connectivity index (χ0v) is 8.88. The van der Waals surface area contributed by atoms with Crippen molar-refractivity contribution in [1.29, 1.82) is 0 Å². The van der Waals surface area contributed by atoms with Gasteiger partial charge in [0, 0.05) is 17.7 Å². The number of hydrogen-bond donors (Lipinski definition) is 0. The van der Waals surface area contributed by atoms with Crippen LogP contribution in [-0.2, 0) is 16.1 Å². The monoisotopic (exact) mass is 230 g/mol. The second-order valence-electron chi connectivity index (χ2n) is 2.92. The number of imidazole rings is 1. The number of hydrogen-bond acceptors (Lipinski definition) is 3. The van der Waals surface area contributed by atoms with E-state index in [1.54, 1.807) is 30.1 Å². The highest BCUT2D eigenvalue weighted by Crippen LogP contribution is 2.23. The van der Waals surface area contributed by atoms with Gasteiger partial charge in [-0.2, -0.15) is 0 Å². The van der Waals surface area contributed by atoms with Crippen molar-refractivity contribution < 1.29 is 8.42 Å². The standard InChI is InChI=1S/C8H7ClN2O2S/c1-11-5-10-8-6(11)3-2-4-7(8)14(9,12)13/h2-5H,1H3. The van der Waals surface area contributed by atoms with E-state index in [1.165, 1.54) is 6.07 Å². The Labute approximate surface area is 85.5 Å². The highest BCUT2D eigenvalue weighted by molar-refractivity contribution is 8.14. The molecule has 4 nitrogen and oxygen atoms in total. The van der Waals surface area contributed by atoms with Gasteiger partial charge in [0.2, 0.25) is 0 Å². The Kier molecular flexibility index (Phi) is 2.01. The summed E-state index contributed by atoms with van der Waals surface area (Å²) in [7, 11) is 3.34. The predicted molar refractivity (Wildman–Crippen MR) is 53.8 cm³/mol. The molecular weight excluding hydrogens is 224 g/mol. The van der Waals surface area contributed by atoms with Crippen molar-refractivity contribution in [3.8, 4) is 0 Å². The van der Waals surface area contributed by atoms with Crippen LogP contribution in [0.2, 0.25) is 0 Å². The number of rotatable bonds is 1. The molecule has 0 fully saturated rings. The van der Waals surface area contributed by atoms with Gasteiger partial charge < -0.3 is 4.57 Å². The highest BCUT2D eigenvalue weighted by atomic mass is 35.7. The molecule has 6 heteroatoms. The number of fused-ring (bicyclic) bond motifs is 1. The highest BCUT2D eigenvalue weighted by Gasteiger charge is 2.15. The molecule has 0 saturated carbocycles. The molecule has 0 atom stereocenters. The summed E-state index contributed by atoms with van der Waals surface area (Å²) >= 11 is 0. The fourth-order valence-corrected chi connectivity index (χ4v) is 2.33. The number of aryl methyl sites for hydroxylation is 1. The summed E-state index contributed by atoms with van der Waals surface area (Å²) < 4.78 is 24.1. The molecule has 0 N–H and O–H groups in total. The minimum absolute atomic E-state index is 0.0530. The third-order valence-corrected chi connectivity index (χ3v) is 3.33. The normalized spacial score (nSPS) is 12.1. The summed E-state index contributed by atoms with van der Waals surface area (Å²) in [4.78, 5) is 4.04. The molecule has 0 aliphatic heterocycles. The van der Waals surface area contributed by atoms with Crippen LogP contribution in [0.25, 0.3) is 11.0 Å². The van der Waals surface area contributed by atoms with E-state index in [2.05, 4.69) is 4.98 Å². The minimum atomic E-state index is -3.72. The molecule has 1 aromatic heterocycles. The lowest BCUT2D eigenvalue weighted by Gasteiger charge is -1.97. The molecule has 0 aliphatic carbocycles. The van der Waals surface area contributed by atoms with E-state index in [1.807, 2.05) is 0 Å². The fourth-order valence-electron chi connectivity index (χ4n) is 1.33. The average molecular weight is 231 g/mol. The molecule has 0 aliphatic rings. The van der Waals surface area contributed by atoms with E-state index in [0.29, 0.717) is 5.52 Å². The summed E-state index contributed by atoms with van der Waals surface area (Å²) in [5.74, 6) is 0. The van der Waals surface area contributed by atoms with Gasteiger partial charge in [-0.1, -0.05) is 6.07 Å². The van der Waals surface area contributed by atoms with Gasteiger partial charge in [0.05, 0.1) is 11.8 Å². The molecular formula is C8H7ClN2O2S. The summed E-state index contributed by atoms with van der Waals surface area (Å²) in [6.45, 7) is 0.